The number of hydrogen-bond donors (Lipinski definition) is 2. The smallest absolute Gasteiger partial charge is 0.313 e. The summed E-state index contributed by atoms with van der Waals surface area (Å²) in [5.74, 6) is -3.12. The van der Waals surface area contributed by atoms with Crippen molar-refractivity contribution in [1.82, 2.24) is 4.90 Å². The number of rotatable bonds is 49. The van der Waals surface area contributed by atoms with E-state index in [1.807, 2.05) is 7.05 Å². The highest BCUT2D eigenvalue weighted by molar-refractivity contribution is 5.77. The summed E-state index contributed by atoms with van der Waals surface area (Å²) in [5.41, 5.74) is -1.34. The van der Waals surface area contributed by atoms with Crippen LogP contribution in [0.2, 0.25) is 0 Å². The summed E-state index contributed by atoms with van der Waals surface area (Å²) in [6, 6.07) is 0. The lowest BCUT2D eigenvalue weighted by molar-refractivity contribution is -0.165. The molecule has 1 heterocycles. The Morgan fingerprint density at radius 2 is 0.892 bits per heavy atom. The van der Waals surface area contributed by atoms with E-state index in [-0.39, 0.29) is 37.6 Å². The van der Waals surface area contributed by atoms with Gasteiger partial charge in [0.05, 0.1) is 11.8 Å². The lowest BCUT2D eigenvalue weighted by Crippen LogP contribution is -2.38. The molecule has 384 valence electrons. The van der Waals surface area contributed by atoms with Gasteiger partial charge in [-0.2, -0.15) is 0 Å². The van der Waals surface area contributed by atoms with E-state index in [1.165, 1.54) is 103 Å². The molecular formula is C54H103NO10. The fourth-order valence-corrected chi connectivity index (χ4v) is 9.03. The first-order chi connectivity index (χ1) is 31.6. The summed E-state index contributed by atoms with van der Waals surface area (Å²) in [6.45, 7) is 12.6. The lowest BCUT2D eigenvalue weighted by atomic mass is 9.77. The number of carboxylic acid groups (broad SMARTS) is 2. The van der Waals surface area contributed by atoms with Crippen molar-refractivity contribution in [3.63, 3.8) is 0 Å². The Morgan fingerprint density at radius 3 is 1.26 bits per heavy atom. The van der Waals surface area contributed by atoms with Crippen molar-refractivity contribution in [3.8, 4) is 0 Å². The van der Waals surface area contributed by atoms with E-state index in [2.05, 4.69) is 32.6 Å². The fourth-order valence-electron chi connectivity index (χ4n) is 9.03. The number of hydrogen-bond acceptors (Lipinski definition) is 9. The van der Waals surface area contributed by atoms with Crippen LogP contribution in [0.1, 0.15) is 246 Å². The SMILES string of the molecule is CCCCCCCCOC(CCCC(CCCC(CCCC(OCCCCCCCC)OCCCCCCCC)(COC(=O)C1CCN(C)C1)C(=O)O)C(=O)O)OCCCCCCCC. The van der Waals surface area contributed by atoms with Crippen LogP contribution in [0, 0.1) is 17.3 Å². The Balaban J connectivity index is 2.96. The van der Waals surface area contributed by atoms with Gasteiger partial charge in [-0.25, -0.2) is 0 Å². The van der Waals surface area contributed by atoms with E-state index in [4.69, 9.17) is 23.7 Å². The van der Waals surface area contributed by atoms with Gasteiger partial charge in [-0.05, 0) is 97.1 Å². The zero-order valence-electron chi connectivity index (χ0n) is 42.9. The summed E-state index contributed by atoms with van der Waals surface area (Å²) in [7, 11) is 1.97. The number of aliphatic carboxylic acids is 2. The Morgan fingerprint density at radius 1 is 0.523 bits per heavy atom. The van der Waals surface area contributed by atoms with Crippen molar-refractivity contribution in [2.24, 2.45) is 17.3 Å². The van der Waals surface area contributed by atoms with Crippen LogP contribution in [0.3, 0.4) is 0 Å². The first kappa shape index (κ1) is 61.2. The largest absolute Gasteiger partial charge is 0.481 e. The van der Waals surface area contributed by atoms with Crippen molar-refractivity contribution < 1.29 is 48.3 Å². The summed E-state index contributed by atoms with van der Waals surface area (Å²) in [5, 5.41) is 21.2. The van der Waals surface area contributed by atoms with Crippen LogP contribution in [-0.2, 0) is 38.1 Å². The van der Waals surface area contributed by atoms with Gasteiger partial charge in [0, 0.05) is 33.0 Å². The highest BCUT2D eigenvalue weighted by Crippen LogP contribution is 2.35. The van der Waals surface area contributed by atoms with E-state index < -0.39 is 29.6 Å². The maximum absolute atomic E-state index is 13.3. The molecule has 0 spiro atoms. The van der Waals surface area contributed by atoms with E-state index in [0.717, 1.165) is 57.9 Å². The van der Waals surface area contributed by atoms with Crippen LogP contribution in [0.5, 0.6) is 0 Å². The molecule has 0 aromatic heterocycles. The maximum atomic E-state index is 13.3. The van der Waals surface area contributed by atoms with Crippen molar-refractivity contribution in [2.75, 3.05) is 53.2 Å². The molecular weight excluding hydrogens is 823 g/mol. The van der Waals surface area contributed by atoms with Gasteiger partial charge in [0.15, 0.2) is 12.6 Å². The van der Waals surface area contributed by atoms with Gasteiger partial charge < -0.3 is 38.8 Å². The van der Waals surface area contributed by atoms with Gasteiger partial charge in [-0.15, -0.1) is 0 Å². The predicted molar refractivity (Wildman–Crippen MR) is 264 cm³/mol. The molecule has 11 nitrogen and oxygen atoms in total. The van der Waals surface area contributed by atoms with Gasteiger partial charge in [-0.3, -0.25) is 14.4 Å². The second-order valence-corrected chi connectivity index (χ2v) is 19.6. The Bertz CT molecular complexity index is 1090. The average molecular weight is 926 g/mol. The molecule has 0 radical (unpaired) electrons. The Labute approximate surface area is 398 Å². The van der Waals surface area contributed by atoms with Gasteiger partial charge in [0.1, 0.15) is 12.0 Å². The molecule has 1 fully saturated rings. The maximum Gasteiger partial charge on any atom is 0.313 e. The quantitative estimate of drug-likeness (QED) is 0.0342. The molecule has 1 saturated heterocycles. The van der Waals surface area contributed by atoms with Crippen LogP contribution in [0.4, 0.5) is 0 Å². The number of nitrogens with zero attached hydrogens (tertiary/aromatic N) is 1. The predicted octanol–water partition coefficient (Wildman–Crippen LogP) is 13.9. The molecule has 11 heteroatoms. The number of esters is 1. The van der Waals surface area contributed by atoms with E-state index in [9.17, 15) is 24.6 Å². The molecule has 0 bridgehead atoms. The molecule has 0 aliphatic carbocycles. The number of ether oxygens (including phenoxy) is 5. The Hall–Kier alpha value is -1.79. The highest BCUT2D eigenvalue weighted by atomic mass is 16.7. The van der Waals surface area contributed by atoms with Crippen LogP contribution < -0.4 is 0 Å². The second-order valence-electron chi connectivity index (χ2n) is 19.6. The molecule has 0 aromatic carbocycles. The average Bonchev–Trinajstić information content (AvgIpc) is 3.74. The fraction of sp³-hybridized carbons (Fsp3) is 0.944. The number of carboxylic acids is 2. The minimum Gasteiger partial charge on any atom is -0.481 e. The highest BCUT2D eigenvalue weighted by Gasteiger charge is 2.41. The standard InChI is InChI=1S/C54H103NO10/c1-6-10-14-18-22-26-41-61-49(62-42-27-23-19-15-11-7-2)35-30-33-47(51(56)57)34-31-38-54(53(59)60,46-65-52(58)48-37-40-55(5)45-48)39-32-36-50(63-43-28-24-20-16-12-8-3)64-44-29-25-21-17-13-9-4/h47-50H,6-46H2,1-5H3,(H,56,57)(H,59,60). The summed E-state index contributed by atoms with van der Waals surface area (Å²) < 4.78 is 30.9. The zero-order chi connectivity index (χ0) is 47.6. The van der Waals surface area contributed by atoms with Crippen molar-refractivity contribution in [1.29, 1.82) is 0 Å². The lowest BCUT2D eigenvalue weighted by Gasteiger charge is -2.31. The normalized spacial score (nSPS) is 15.8. The summed E-state index contributed by atoms with van der Waals surface area (Å²) >= 11 is 0. The van der Waals surface area contributed by atoms with Gasteiger partial charge in [0.2, 0.25) is 0 Å². The minimum atomic E-state index is -1.34. The second kappa shape index (κ2) is 42.3. The molecule has 3 atom stereocenters. The van der Waals surface area contributed by atoms with Crippen LogP contribution in [0.15, 0.2) is 0 Å². The van der Waals surface area contributed by atoms with Gasteiger partial charge >= 0.3 is 17.9 Å². The molecule has 1 aliphatic rings. The van der Waals surface area contributed by atoms with E-state index in [0.29, 0.717) is 84.3 Å². The van der Waals surface area contributed by atoms with Gasteiger partial charge in [0.25, 0.3) is 0 Å². The molecule has 0 amide bonds. The number of carbonyl (C=O) groups is 3. The number of carbonyl (C=O) groups excluding carboxylic acids is 1. The molecule has 65 heavy (non-hydrogen) atoms. The topological polar surface area (TPSA) is 141 Å². The Kier molecular flexibility index (Phi) is 39.9. The van der Waals surface area contributed by atoms with Gasteiger partial charge in [-0.1, -0.05) is 163 Å². The summed E-state index contributed by atoms with van der Waals surface area (Å²) in [6.07, 6.45) is 32.1. The molecule has 0 aromatic rings. The molecule has 0 saturated carbocycles. The third kappa shape index (κ3) is 32.6. The molecule has 1 aliphatic heterocycles. The number of unbranched alkanes of at least 4 members (excludes halogenated alkanes) is 20. The van der Waals surface area contributed by atoms with Crippen LogP contribution in [-0.4, -0.2) is 98.8 Å². The third-order valence-electron chi connectivity index (χ3n) is 13.5. The van der Waals surface area contributed by atoms with Crippen molar-refractivity contribution >= 4 is 17.9 Å². The first-order valence-corrected chi connectivity index (χ1v) is 27.4. The minimum absolute atomic E-state index is 0.219. The number of likely N-dealkylation sites (tertiary alicyclic amines) is 1. The zero-order valence-corrected chi connectivity index (χ0v) is 42.9. The van der Waals surface area contributed by atoms with Crippen molar-refractivity contribution in [3.05, 3.63) is 0 Å². The monoisotopic (exact) mass is 926 g/mol. The third-order valence-corrected chi connectivity index (χ3v) is 13.5. The molecule has 3 unspecified atom stereocenters. The first-order valence-electron chi connectivity index (χ1n) is 27.4. The van der Waals surface area contributed by atoms with E-state index in [1.54, 1.807) is 0 Å². The van der Waals surface area contributed by atoms with Crippen LogP contribution in [0.25, 0.3) is 0 Å². The van der Waals surface area contributed by atoms with Crippen LogP contribution >= 0.6 is 0 Å². The molecule has 2 N–H and O–H groups in total. The molecule has 1 rings (SSSR count). The van der Waals surface area contributed by atoms with E-state index >= 15 is 0 Å². The van der Waals surface area contributed by atoms with Crippen molar-refractivity contribution in [2.45, 2.75) is 259 Å². The summed E-state index contributed by atoms with van der Waals surface area (Å²) in [4.78, 5) is 41.3.